The van der Waals surface area contributed by atoms with Crippen LogP contribution in [0.25, 0.3) is 0 Å². The third kappa shape index (κ3) is 3.13. The molecule has 1 fully saturated rings. The monoisotopic (exact) mass is 351 g/mol. The largest absolute Gasteiger partial charge is 0.386 e. The maximum Gasteiger partial charge on any atom is 0.273 e. The van der Waals surface area contributed by atoms with Crippen molar-refractivity contribution in [3.63, 3.8) is 0 Å². The van der Waals surface area contributed by atoms with Crippen LogP contribution < -0.4 is 5.32 Å². The van der Waals surface area contributed by atoms with E-state index in [9.17, 15) is 9.59 Å². The van der Waals surface area contributed by atoms with Crippen molar-refractivity contribution in [1.82, 2.24) is 14.9 Å². The van der Waals surface area contributed by atoms with Gasteiger partial charge in [-0.15, -0.1) is 0 Å². The molecule has 0 aromatic carbocycles. The van der Waals surface area contributed by atoms with Gasteiger partial charge in [0.15, 0.2) is 5.60 Å². The van der Waals surface area contributed by atoms with E-state index in [1.165, 1.54) is 0 Å². The second-order valence-electron chi connectivity index (χ2n) is 6.38. The van der Waals surface area contributed by atoms with Gasteiger partial charge >= 0.3 is 0 Å². The van der Waals surface area contributed by atoms with Crippen LogP contribution in [0.5, 0.6) is 0 Å². The molecule has 0 unspecified atom stereocenters. The van der Waals surface area contributed by atoms with Crippen molar-refractivity contribution in [1.29, 1.82) is 0 Å². The summed E-state index contributed by atoms with van der Waals surface area (Å²) in [7, 11) is 0. The molecule has 8 heteroatoms. The van der Waals surface area contributed by atoms with Crippen LogP contribution in [0, 0.1) is 0 Å². The number of hydrogen-bond acceptors (Lipinski definition) is 6. The summed E-state index contributed by atoms with van der Waals surface area (Å²) < 4.78 is 0. The molecule has 4 heterocycles. The van der Waals surface area contributed by atoms with Crippen molar-refractivity contribution in [2.24, 2.45) is 5.16 Å². The predicted octanol–water partition coefficient (Wildman–Crippen LogP) is 1.48. The van der Waals surface area contributed by atoms with Gasteiger partial charge in [-0.1, -0.05) is 11.2 Å². The lowest BCUT2D eigenvalue weighted by Gasteiger charge is -2.21. The molecular weight excluding hydrogens is 334 g/mol. The first kappa shape index (κ1) is 16.2. The van der Waals surface area contributed by atoms with E-state index in [1.807, 2.05) is 0 Å². The fourth-order valence-electron chi connectivity index (χ4n) is 3.17. The number of rotatable bonds is 3. The normalized spacial score (nSPS) is 21.4. The molecule has 1 saturated heterocycles. The Labute approximate surface area is 149 Å². The molecule has 2 aliphatic heterocycles. The highest BCUT2D eigenvalue weighted by Crippen LogP contribution is 2.34. The first-order valence-corrected chi connectivity index (χ1v) is 8.32. The molecule has 0 aliphatic carbocycles. The van der Waals surface area contributed by atoms with Crippen LogP contribution in [0.2, 0.25) is 0 Å². The van der Waals surface area contributed by atoms with Crippen molar-refractivity contribution in [3.8, 4) is 0 Å². The van der Waals surface area contributed by atoms with Gasteiger partial charge in [0, 0.05) is 31.8 Å². The minimum atomic E-state index is -0.633. The lowest BCUT2D eigenvalue weighted by Crippen LogP contribution is -2.37. The third-order valence-corrected chi connectivity index (χ3v) is 4.51. The van der Waals surface area contributed by atoms with Gasteiger partial charge in [0.05, 0.1) is 18.4 Å². The lowest BCUT2D eigenvalue weighted by molar-refractivity contribution is -0.110. The number of carbonyl (C=O) groups is 2. The van der Waals surface area contributed by atoms with E-state index in [4.69, 9.17) is 4.84 Å². The standard InChI is InChI=1S/C18H17N5O3/c24-16(21-13-4-3-7-19-11-13)15-10-18(26-22-15)6-9-23(12-18)17(25)14-5-1-2-8-20-14/h1-5,7-8,11H,6,9-10,12H2,(H,21,24)/t18-/m0/s1. The van der Waals surface area contributed by atoms with E-state index < -0.39 is 5.60 Å². The average Bonchev–Trinajstić information content (AvgIpc) is 3.30. The average molecular weight is 351 g/mol. The van der Waals surface area contributed by atoms with Crippen LogP contribution in [-0.4, -0.2) is 51.1 Å². The summed E-state index contributed by atoms with van der Waals surface area (Å²) in [5, 5.41) is 6.71. The number of pyridine rings is 2. The van der Waals surface area contributed by atoms with Crippen molar-refractivity contribution in [3.05, 3.63) is 54.6 Å². The highest BCUT2D eigenvalue weighted by atomic mass is 16.7. The number of aromatic nitrogens is 2. The van der Waals surface area contributed by atoms with Gasteiger partial charge in [0.2, 0.25) is 0 Å². The Hall–Kier alpha value is -3.29. The van der Waals surface area contributed by atoms with Crippen LogP contribution in [0.4, 0.5) is 5.69 Å². The van der Waals surface area contributed by atoms with E-state index in [0.29, 0.717) is 43.0 Å². The zero-order valence-electron chi connectivity index (χ0n) is 14.0. The summed E-state index contributed by atoms with van der Waals surface area (Å²) in [4.78, 5) is 40.2. The lowest BCUT2D eigenvalue weighted by atomic mass is 9.96. The minimum Gasteiger partial charge on any atom is -0.386 e. The van der Waals surface area contributed by atoms with E-state index >= 15 is 0 Å². The van der Waals surface area contributed by atoms with Crippen LogP contribution in [0.15, 0.2) is 54.1 Å². The summed E-state index contributed by atoms with van der Waals surface area (Å²) >= 11 is 0. The van der Waals surface area contributed by atoms with Gasteiger partial charge < -0.3 is 15.1 Å². The quantitative estimate of drug-likeness (QED) is 0.903. The minimum absolute atomic E-state index is 0.140. The zero-order chi connectivity index (χ0) is 18.0. The van der Waals surface area contributed by atoms with Gasteiger partial charge in [-0.2, -0.15) is 0 Å². The van der Waals surface area contributed by atoms with Gasteiger partial charge in [-0.25, -0.2) is 0 Å². The van der Waals surface area contributed by atoms with Gasteiger partial charge in [0.1, 0.15) is 11.4 Å². The number of carbonyl (C=O) groups excluding carboxylic acids is 2. The summed E-state index contributed by atoms with van der Waals surface area (Å²) in [5.41, 5.74) is 0.685. The second-order valence-corrected chi connectivity index (χ2v) is 6.38. The number of oxime groups is 1. The van der Waals surface area contributed by atoms with Crippen LogP contribution in [-0.2, 0) is 9.63 Å². The first-order chi connectivity index (χ1) is 12.7. The van der Waals surface area contributed by atoms with E-state index in [2.05, 4.69) is 20.4 Å². The first-order valence-electron chi connectivity index (χ1n) is 8.32. The fraction of sp³-hybridized carbons (Fsp3) is 0.278. The number of nitrogens with one attached hydrogen (secondary N) is 1. The fourth-order valence-corrected chi connectivity index (χ4v) is 3.17. The molecule has 2 aromatic heterocycles. The van der Waals surface area contributed by atoms with E-state index in [0.717, 1.165) is 0 Å². The van der Waals surface area contributed by atoms with E-state index in [1.54, 1.807) is 53.8 Å². The second kappa shape index (κ2) is 6.55. The number of likely N-dealkylation sites (tertiary alicyclic amines) is 1. The Kier molecular flexibility index (Phi) is 4.08. The Morgan fingerprint density at radius 1 is 1.19 bits per heavy atom. The Morgan fingerprint density at radius 3 is 2.88 bits per heavy atom. The molecule has 0 bridgehead atoms. The van der Waals surface area contributed by atoms with E-state index in [-0.39, 0.29) is 11.8 Å². The zero-order valence-corrected chi connectivity index (χ0v) is 14.0. The van der Waals surface area contributed by atoms with Crippen molar-refractivity contribution < 1.29 is 14.4 Å². The van der Waals surface area contributed by atoms with Crippen molar-refractivity contribution in [2.75, 3.05) is 18.4 Å². The third-order valence-electron chi connectivity index (χ3n) is 4.51. The molecule has 132 valence electrons. The summed E-state index contributed by atoms with van der Waals surface area (Å²) in [6.07, 6.45) is 5.78. The molecule has 8 nitrogen and oxygen atoms in total. The molecule has 1 N–H and O–H groups in total. The topological polar surface area (TPSA) is 96.8 Å². The van der Waals surface area contributed by atoms with Gasteiger partial charge in [-0.05, 0) is 24.3 Å². The molecule has 26 heavy (non-hydrogen) atoms. The van der Waals surface area contributed by atoms with Crippen LogP contribution in [0.1, 0.15) is 23.3 Å². The molecule has 0 saturated carbocycles. The molecule has 1 atom stereocenters. The Morgan fingerprint density at radius 2 is 2.12 bits per heavy atom. The molecule has 4 rings (SSSR count). The van der Waals surface area contributed by atoms with Crippen LogP contribution in [0.3, 0.4) is 0 Å². The molecule has 0 radical (unpaired) electrons. The predicted molar refractivity (Wildman–Crippen MR) is 93.5 cm³/mol. The highest BCUT2D eigenvalue weighted by molar-refractivity contribution is 6.43. The Balaban J connectivity index is 1.38. The molecular formula is C18H17N5O3. The van der Waals surface area contributed by atoms with Crippen molar-refractivity contribution in [2.45, 2.75) is 18.4 Å². The maximum absolute atomic E-state index is 12.5. The summed E-state index contributed by atoms with van der Waals surface area (Å²) in [6, 6.07) is 8.72. The highest BCUT2D eigenvalue weighted by Gasteiger charge is 2.48. The molecule has 1 spiro atoms. The summed E-state index contributed by atoms with van der Waals surface area (Å²) in [5.74, 6) is -0.455. The van der Waals surface area contributed by atoms with Gasteiger partial charge in [0.25, 0.3) is 11.8 Å². The summed E-state index contributed by atoms with van der Waals surface area (Å²) in [6.45, 7) is 0.929. The van der Waals surface area contributed by atoms with Gasteiger partial charge in [-0.3, -0.25) is 19.6 Å². The molecule has 2 aliphatic rings. The number of hydrogen-bond donors (Lipinski definition) is 1. The maximum atomic E-state index is 12.5. The van der Waals surface area contributed by atoms with Crippen LogP contribution >= 0.6 is 0 Å². The molecule has 2 amide bonds. The SMILES string of the molecule is O=C(Nc1cccnc1)C1=NO[C@@]2(CCN(C(=O)c3ccccn3)C2)C1. The number of nitrogens with zero attached hydrogens (tertiary/aromatic N) is 4. The van der Waals surface area contributed by atoms with Crippen molar-refractivity contribution >= 4 is 23.2 Å². The number of amides is 2. The smallest absolute Gasteiger partial charge is 0.273 e. The number of anilines is 1. The Bertz CT molecular complexity index is 856. The molecule has 2 aromatic rings.